The summed E-state index contributed by atoms with van der Waals surface area (Å²) in [5.74, 6) is 0. The molecule has 0 N–H and O–H groups in total. The molecular weight excluding hydrogens is 411 g/mol. The van der Waals surface area contributed by atoms with Crippen molar-refractivity contribution < 1.29 is 0 Å². The minimum absolute atomic E-state index is 0.766. The Kier molecular flexibility index (Phi) is 4.89. The molecule has 0 aliphatic carbocycles. The Morgan fingerprint density at radius 2 is 1.07 bits per heavy atom. The monoisotopic (exact) mass is 427 g/mol. The first-order chi connectivity index (χ1) is 14.2. The van der Waals surface area contributed by atoms with E-state index in [9.17, 15) is 0 Å². The second kappa shape index (κ2) is 7.68. The Labute approximate surface area is 182 Å². The van der Waals surface area contributed by atoms with E-state index in [1.807, 2.05) is 12.1 Å². The van der Waals surface area contributed by atoms with Gasteiger partial charge >= 0.3 is 0 Å². The molecule has 1 aliphatic rings. The van der Waals surface area contributed by atoms with Crippen molar-refractivity contribution in [3.63, 3.8) is 0 Å². The highest BCUT2D eigenvalue weighted by molar-refractivity contribution is 6.97. The van der Waals surface area contributed by atoms with Crippen molar-refractivity contribution in [1.82, 2.24) is 0 Å². The first-order valence-electron chi connectivity index (χ1n) is 9.50. The van der Waals surface area contributed by atoms with Crippen molar-refractivity contribution in [3.05, 3.63) is 112 Å². The van der Waals surface area contributed by atoms with Gasteiger partial charge in [-0.1, -0.05) is 102 Å². The van der Waals surface area contributed by atoms with E-state index < -0.39 is 8.80 Å². The van der Waals surface area contributed by atoms with Crippen LogP contribution in [-0.2, 0) is 0 Å². The van der Waals surface area contributed by atoms with E-state index in [4.69, 9.17) is 23.2 Å². The third-order valence-corrected chi connectivity index (χ3v) is 8.68. The molecule has 0 amide bonds. The van der Waals surface area contributed by atoms with Gasteiger partial charge in [0.25, 0.3) is 0 Å². The minimum atomic E-state index is -1.33. The van der Waals surface area contributed by atoms with Crippen molar-refractivity contribution in [3.8, 4) is 11.1 Å². The molecule has 1 heterocycles. The number of halogens is 2. The second-order valence-corrected chi connectivity index (χ2v) is 10.3. The zero-order valence-corrected chi connectivity index (χ0v) is 18.1. The molecule has 4 aromatic carbocycles. The van der Waals surface area contributed by atoms with Gasteiger partial charge in [-0.2, -0.15) is 0 Å². The molecule has 0 saturated carbocycles. The number of rotatable bonds is 2. The van der Waals surface area contributed by atoms with Gasteiger partial charge in [-0.05, 0) is 62.1 Å². The van der Waals surface area contributed by atoms with Gasteiger partial charge in [-0.15, -0.1) is 0 Å². The van der Waals surface area contributed by atoms with Gasteiger partial charge in [-0.3, -0.25) is 0 Å². The summed E-state index contributed by atoms with van der Waals surface area (Å²) in [6, 6.07) is 31.8. The SMILES string of the molecule is Clc1ccc2c(c1)[Si](c1ccccc1-c1ccccc1)c1cc(Cl)ccc1C=C2. The lowest BCUT2D eigenvalue weighted by atomic mass is 10.1. The van der Waals surface area contributed by atoms with Gasteiger partial charge in [0.2, 0.25) is 0 Å². The van der Waals surface area contributed by atoms with Crippen molar-refractivity contribution >= 4 is 59.7 Å². The van der Waals surface area contributed by atoms with E-state index in [-0.39, 0.29) is 0 Å². The average Bonchev–Trinajstić information content (AvgIpc) is 2.90. The molecule has 5 rings (SSSR count). The maximum atomic E-state index is 6.46. The molecule has 0 nitrogen and oxygen atoms in total. The molecule has 0 aromatic heterocycles. The molecule has 1 aliphatic heterocycles. The third-order valence-electron chi connectivity index (χ3n) is 5.29. The smallest absolute Gasteiger partial charge is 0.0843 e. The molecule has 4 aromatic rings. The van der Waals surface area contributed by atoms with Crippen LogP contribution in [0.4, 0.5) is 0 Å². The molecule has 1 radical (unpaired) electrons. The topological polar surface area (TPSA) is 0 Å². The summed E-state index contributed by atoms with van der Waals surface area (Å²) in [5.41, 5.74) is 4.93. The number of hydrogen-bond donors (Lipinski definition) is 0. The molecular formula is C26H17Cl2Si. The van der Waals surface area contributed by atoms with Crippen LogP contribution >= 0.6 is 23.2 Å². The average molecular weight is 428 g/mol. The molecule has 0 fully saturated rings. The van der Waals surface area contributed by atoms with E-state index in [1.165, 1.54) is 37.8 Å². The minimum Gasteiger partial charge on any atom is -0.0843 e. The van der Waals surface area contributed by atoms with Crippen LogP contribution in [0.3, 0.4) is 0 Å². The summed E-state index contributed by atoms with van der Waals surface area (Å²) in [6.07, 6.45) is 4.39. The van der Waals surface area contributed by atoms with Crippen molar-refractivity contribution in [2.45, 2.75) is 0 Å². The van der Waals surface area contributed by atoms with Gasteiger partial charge in [-0.25, -0.2) is 0 Å². The van der Waals surface area contributed by atoms with Gasteiger partial charge in [0.15, 0.2) is 8.80 Å². The van der Waals surface area contributed by atoms with Gasteiger partial charge in [0.1, 0.15) is 0 Å². The predicted octanol–water partition coefficient (Wildman–Crippen LogP) is 5.66. The van der Waals surface area contributed by atoms with Crippen LogP contribution in [0.1, 0.15) is 11.1 Å². The molecule has 0 atom stereocenters. The van der Waals surface area contributed by atoms with Crippen LogP contribution in [0.25, 0.3) is 23.3 Å². The van der Waals surface area contributed by atoms with Crippen LogP contribution < -0.4 is 15.6 Å². The summed E-state index contributed by atoms with van der Waals surface area (Å²) in [7, 11) is -1.33. The lowest BCUT2D eigenvalue weighted by molar-refractivity contribution is 1.64. The first-order valence-corrected chi connectivity index (χ1v) is 11.8. The summed E-state index contributed by atoms with van der Waals surface area (Å²) in [6.45, 7) is 0. The highest BCUT2D eigenvalue weighted by atomic mass is 35.5. The van der Waals surface area contributed by atoms with Gasteiger partial charge in [0.05, 0.1) is 0 Å². The van der Waals surface area contributed by atoms with Crippen LogP contribution in [0.2, 0.25) is 10.0 Å². The molecule has 3 heteroatoms. The fourth-order valence-electron chi connectivity index (χ4n) is 3.97. The van der Waals surface area contributed by atoms with E-state index in [0.717, 1.165) is 10.0 Å². The largest absolute Gasteiger partial charge is 0.157 e. The fourth-order valence-corrected chi connectivity index (χ4v) is 7.63. The maximum absolute atomic E-state index is 6.46. The Morgan fingerprint density at radius 3 is 1.69 bits per heavy atom. The Hall–Kier alpha value is -2.58. The highest BCUT2D eigenvalue weighted by Gasteiger charge is 2.28. The van der Waals surface area contributed by atoms with Crippen molar-refractivity contribution in [2.75, 3.05) is 0 Å². The zero-order valence-electron chi connectivity index (χ0n) is 15.6. The van der Waals surface area contributed by atoms with Crippen LogP contribution in [-0.4, -0.2) is 8.80 Å². The number of hydrogen-bond acceptors (Lipinski definition) is 0. The Morgan fingerprint density at radius 1 is 0.517 bits per heavy atom. The quantitative estimate of drug-likeness (QED) is 0.318. The Bertz CT molecular complexity index is 1170. The highest BCUT2D eigenvalue weighted by Crippen LogP contribution is 2.22. The summed E-state index contributed by atoms with van der Waals surface area (Å²) < 4.78 is 0. The first kappa shape index (κ1) is 18.4. The standard InChI is InChI=1S/C26H17Cl2Si/c27-21-14-12-19-10-11-20-13-15-22(28)17-26(20)29(25(19)16-21)24-9-5-4-8-23(24)18-6-2-1-3-7-18/h1-17H. The number of benzene rings is 4. The van der Waals surface area contributed by atoms with E-state index in [1.54, 1.807) is 0 Å². The van der Waals surface area contributed by atoms with Crippen molar-refractivity contribution in [1.29, 1.82) is 0 Å². The summed E-state index contributed by atoms with van der Waals surface area (Å²) >= 11 is 12.9. The summed E-state index contributed by atoms with van der Waals surface area (Å²) in [5, 5.41) is 5.47. The van der Waals surface area contributed by atoms with Gasteiger partial charge in [0, 0.05) is 10.0 Å². The maximum Gasteiger partial charge on any atom is 0.157 e. The Balaban J connectivity index is 1.83. The third kappa shape index (κ3) is 3.47. The van der Waals surface area contributed by atoms with E-state index in [2.05, 4.69) is 91.0 Å². The van der Waals surface area contributed by atoms with Crippen LogP contribution in [0, 0.1) is 0 Å². The molecule has 0 bridgehead atoms. The van der Waals surface area contributed by atoms with E-state index in [0.29, 0.717) is 0 Å². The molecule has 0 unspecified atom stereocenters. The summed E-state index contributed by atoms with van der Waals surface area (Å²) in [4.78, 5) is 0. The predicted molar refractivity (Wildman–Crippen MR) is 128 cm³/mol. The zero-order chi connectivity index (χ0) is 19.8. The van der Waals surface area contributed by atoms with Crippen molar-refractivity contribution in [2.24, 2.45) is 0 Å². The van der Waals surface area contributed by atoms with Crippen LogP contribution in [0.15, 0.2) is 91.0 Å². The van der Waals surface area contributed by atoms with Crippen LogP contribution in [0.5, 0.6) is 0 Å². The molecule has 0 saturated heterocycles. The molecule has 0 spiro atoms. The fraction of sp³-hybridized carbons (Fsp3) is 0. The number of fused-ring (bicyclic) bond motifs is 2. The second-order valence-electron chi connectivity index (χ2n) is 7.08. The van der Waals surface area contributed by atoms with Gasteiger partial charge < -0.3 is 0 Å². The molecule has 139 valence electrons. The molecule has 29 heavy (non-hydrogen) atoms. The lowest BCUT2D eigenvalue weighted by Gasteiger charge is -2.22. The lowest BCUT2D eigenvalue weighted by Crippen LogP contribution is -2.54. The van der Waals surface area contributed by atoms with E-state index >= 15 is 0 Å². The normalized spacial score (nSPS) is 12.9.